The van der Waals surface area contributed by atoms with Crippen LogP contribution in [-0.4, -0.2) is 30.3 Å². The van der Waals surface area contributed by atoms with E-state index in [0.29, 0.717) is 18.5 Å². The predicted molar refractivity (Wildman–Crippen MR) is 82.5 cm³/mol. The molecule has 0 aliphatic heterocycles. The number of hydrogen-bond donors (Lipinski definition) is 1. The molecular formula is C15H17N7O. The lowest BCUT2D eigenvalue weighted by atomic mass is 10.2. The quantitative estimate of drug-likeness (QED) is 0.746. The molecule has 0 bridgehead atoms. The Morgan fingerprint density at radius 1 is 1.35 bits per heavy atom. The van der Waals surface area contributed by atoms with Crippen LogP contribution in [-0.2, 0) is 13.0 Å². The van der Waals surface area contributed by atoms with Gasteiger partial charge in [0.2, 0.25) is 5.89 Å². The Morgan fingerprint density at radius 2 is 2.26 bits per heavy atom. The van der Waals surface area contributed by atoms with Crippen molar-refractivity contribution >= 4 is 5.69 Å². The van der Waals surface area contributed by atoms with Crippen LogP contribution < -0.4 is 5.32 Å². The number of benzene rings is 1. The second kappa shape index (κ2) is 5.79. The maximum Gasteiger partial charge on any atom is 0.245 e. The highest BCUT2D eigenvalue weighted by Crippen LogP contribution is 2.36. The van der Waals surface area contributed by atoms with Crippen molar-refractivity contribution in [2.45, 2.75) is 38.8 Å². The van der Waals surface area contributed by atoms with Crippen LogP contribution in [0.2, 0.25) is 0 Å². The molecule has 1 aromatic carbocycles. The molecule has 3 aromatic rings. The molecule has 8 nitrogen and oxygen atoms in total. The summed E-state index contributed by atoms with van der Waals surface area (Å²) in [5.74, 6) is 2.11. The fourth-order valence-electron chi connectivity index (χ4n) is 2.40. The number of nitrogens with one attached hydrogen (secondary N) is 1. The van der Waals surface area contributed by atoms with E-state index in [-0.39, 0.29) is 0 Å². The normalized spacial score (nSPS) is 14.1. The van der Waals surface area contributed by atoms with Crippen molar-refractivity contribution < 1.29 is 4.52 Å². The second-order valence-corrected chi connectivity index (χ2v) is 5.57. The molecule has 118 valence electrons. The molecule has 0 saturated heterocycles. The van der Waals surface area contributed by atoms with E-state index in [1.807, 2.05) is 35.9 Å². The van der Waals surface area contributed by atoms with Gasteiger partial charge in [-0.1, -0.05) is 24.2 Å². The fourth-order valence-corrected chi connectivity index (χ4v) is 2.40. The number of anilines is 1. The summed E-state index contributed by atoms with van der Waals surface area (Å²) in [6.07, 6.45) is 3.06. The van der Waals surface area contributed by atoms with E-state index in [0.717, 1.165) is 42.2 Å². The third kappa shape index (κ3) is 2.92. The monoisotopic (exact) mass is 311 g/mol. The number of aromatic nitrogens is 6. The maximum atomic E-state index is 5.18. The molecule has 2 heterocycles. The minimum atomic E-state index is 0.447. The van der Waals surface area contributed by atoms with Crippen molar-refractivity contribution in [3.05, 3.63) is 36.0 Å². The van der Waals surface area contributed by atoms with E-state index < -0.39 is 0 Å². The van der Waals surface area contributed by atoms with Gasteiger partial charge in [0.1, 0.15) is 0 Å². The first-order chi connectivity index (χ1) is 11.3. The standard InChI is InChI=1S/C15H17N7O/c1-2-13-17-14(23-19-13)9-16-11-5-3-4-10(8-11)15-18-20-21-22(15)12-6-7-12/h3-5,8,12,16H,2,6-7,9H2,1H3. The average Bonchev–Trinajstić information content (AvgIpc) is 3.13. The first kappa shape index (κ1) is 13.9. The Kier molecular flexibility index (Phi) is 3.49. The van der Waals surface area contributed by atoms with Crippen molar-refractivity contribution in [3.63, 3.8) is 0 Å². The molecule has 0 radical (unpaired) electrons. The van der Waals surface area contributed by atoms with Crippen LogP contribution in [0.5, 0.6) is 0 Å². The van der Waals surface area contributed by atoms with Gasteiger partial charge >= 0.3 is 0 Å². The topological polar surface area (TPSA) is 94.5 Å². The van der Waals surface area contributed by atoms with Gasteiger partial charge in [-0.15, -0.1) is 5.10 Å². The number of nitrogens with zero attached hydrogens (tertiary/aromatic N) is 6. The molecule has 0 spiro atoms. The number of aryl methyl sites for hydroxylation is 1. The van der Waals surface area contributed by atoms with Crippen LogP contribution in [0.4, 0.5) is 5.69 Å². The Bertz CT molecular complexity index is 806. The Morgan fingerprint density at radius 3 is 3.04 bits per heavy atom. The van der Waals surface area contributed by atoms with Gasteiger partial charge < -0.3 is 9.84 Å². The SMILES string of the molecule is CCc1noc(CNc2cccc(-c3nnnn3C3CC3)c2)n1. The Hall–Kier alpha value is -2.77. The van der Waals surface area contributed by atoms with Crippen LogP contribution in [0.15, 0.2) is 28.8 Å². The third-order valence-corrected chi connectivity index (χ3v) is 3.78. The number of rotatable bonds is 6. The highest BCUT2D eigenvalue weighted by atomic mass is 16.5. The van der Waals surface area contributed by atoms with Crippen molar-refractivity contribution in [1.82, 2.24) is 30.3 Å². The lowest BCUT2D eigenvalue weighted by molar-refractivity contribution is 0.378. The lowest BCUT2D eigenvalue weighted by Gasteiger charge is -2.06. The summed E-state index contributed by atoms with van der Waals surface area (Å²) >= 11 is 0. The van der Waals surface area contributed by atoms with Crippen molar-refractivity contribution in [2.75, 3.05) is 5.32 Å². The molecule has 8 heteroatoms. The van der Waals surface area contributed by atoms with Gasteiger partial charge in [0.25, 0.3) is 0 Å². The highest BCUT2D eigenvalue weighted by molar-refractivity contribution is 5.62. The van der Waals surface area contributed by atoms with Crippen molar-refractivity contribution in [3.8, 4) is 11.4 Å². The molecule has 0 amide bonds. The lowest BCUT2D eigenvalue weighted by Crippen LogP contribution is -2.02. The first-order valence-corrected chi connectivity index (χ1v) is 7.77. The molecule has 1 fully saturated rings. The summed E-state index contributed by atoms with van der Waals surface area (Å²) in [6, 6.07) is 8.46. The fraction of sp³-hybridized carbons (Fsp3) is 0.400. The number of hydrogen-bond acceptors (Lipinski definition) is 7. The first-order valence-electron chi connectivity index (χ1n) is 7.77. The van der Waals surface area contributed by atoms with Gasteiger partial charge in [0.15, 0.2) is 11.6 Å². The van der Waals surface area contributed by atoms with Crippen molar-refractivity contribution in [1.29, 1.82) is 0 Å². The van der Waals surface area contributed by atoms with Crippen LogP contribution in [0.3, 0.4) is 0 Å². The summed E-state index contributed by atoms with van der Waals surface area (Å²) in [4.78, 5) is 4.28. The van der Waals surface area contributed by atoms with Crippen LogP contribution >= 0.6 is 0 Å². The average molecular weight is 311 g/mol. The molecule has 1 aliphatic rings. The third-order valence-electron chi connectivity index (χ3n) is 3.78. The van der Waals surface area contributed by atoms with E-state index in [1.165, 1.54) is 0 Å². The molecule has 0 atom stereocenters. The minimum Gasteiger partial charge on any atom is -0.376 e. The smallest absolute Gasteiger partial charge is 0.245 e. The van der Waals surface area contributed by atoms with E-state index in [1.54, 1.807) is 0 Å². The molecule has 0 unspecified atom stereocenters. The Labute approximate surface area is 132 Å². The summed E-state index contributed by atoms with van der Waals surface area (Å²) in [5, 5.41) is 19.2. The highest BCUT2D eigenvalue weighted by Gasteiger charge is 2.28. The van der Waals surface area contributed by atoms with E-state index in [2.05, 4.69) is 31.0 Å². The van der Waals surface area contributed by atoms with Gasteiger partial charge in [-0.2, -0.15) is 4.98 Å². The zero-order valence-electron chi connectivity index (χ0n) is 12.8. The molecular weight excluding hydrogens is 294 g/mol. The van der Waals surface area contributed by atoms with Gasteiger partial charge in [-0.25, -0.2) is 4.68 Å². The van der Waals surface area contributed by atoms with Gasteiger partial charge in [0.05, 0.1) is 12.6 Å². The predicted octanol–water partition coefficient (Wildman–Crippen LogP) is 2.23. The zero-order chi connectivity index (χ0) is 15.6. The summed E-state index contributed by atoms with van der Waals surface area (Å²) in [5.41, 5.74) is 1.95. The van der Waals surface area contributed by atoms with Crippen LogP contribution in [0.25, 0.3) is 11.4 Å². The maximum absolute atomic E-state index is 5.18. The molecule has 23 heavy (non-hydrogen) atoms. The molecule has 1 N–H and O–H groups in total. The van der Waals surface area contributed by atoms with E-state index in [4.69, 9.17) is 4.52 Å². The molecule has 2 aromatic heterocycles. The largest absolute Gasteiger partial charge is 0.376 e. The Balaban J connectivity index is 1.50. The summed E-state index contributed by atoms with van der Waals surface area (Å²) < 4.78 is 7.09. The summed E-state index contributed by atoms with van der Waals surface area (Å²) in [7, 11) is 0. The van der Waals surface area contributed by atoms with Crippen LogP contribution in [0.1, 0.15) is 37.5 Å². The number of tetrazole rings is 1. The molecule has 4 rings (SSSR count). The van der Waals surface area contributed by atoms with Gasteiger partial charge in [0, 0.05) is 17.7 Å². The second-order valence-electron chi connectivity index (χ2n) is 5.57. The van der Waals surface area contributed by atoms with Crippen LogP contribution in [0, 0.1) is 0 Å². The molecule has 1 aliphatic carbocycles. The van der Waals surface area contributed by atoms with Crippen molar-refractivity contribution in [2.24, 2.45) is 0 Å². The van der Waals surface area contributed by atoms with Gasteiger partial charge in [-0.3, -0.25) is 0 Å². The summed E-state index contributed by atoms with van der Waals surface area (Å²) in [6.45, 7) is 2.49. The van der Waals surface area contributed by atoms with E-state index in [9.17, 15) is 0 Å². The van der Waals surface area contributed by atoms with Gasteiger partial charge in [-0.05, 0) is 35.4 Å². The molecule has 1 saturated carbocycles. The van der Waals surface area contributed by atoms with E-state index >= 15 is 0 Å². The zero-order valence-corrected chi connectivity index (χ0v) is 12.8. The minimum absolute atomic E-state index is 0.447.